The van der Waals surface area contributed by atoms with Gasteiger partial charge < -0.3 is 5.21 Å². The predicted octanol–water partition coefficient (Wildman–Crippen LogP) is 1.96. The van der Waals surface area contributed by atoms with Crippen molar-refractivity contribution in [1.29, 1.82) is 0 Å². The lowest BCUT2D eigenvalue weighted by molar-refractivity contribution is -0.125. The first-order valence-corrected chi connectivity index (χ1v) is 5.26. The quantitative estimate of drug-likeness (QED) is 0.735. The lowest BCUT2D eigenvalue weighted by atomic mass is 9.96. The van der Waals surface area contributed by atoms with Gasteiger partial charge in [-0.2, -0.15) is 9.72 Å². The molecular weight excluding hydrogens is 260 g/mol. The number of hydrogen-bond donors (Lipinski definition) is 1. The van der Waals surface area contributed by atoms with Crippen molar-refractivity contribution in [2.45, 2.75) is 20.8 Å². The summed E-state index contributed by atoms with van der Waals surface area (Å²) in [7, 11) is 0. The van der Waals surface area contributed by atoms with E-state index in [0.29, 0.717) is 4.47 Å². The van der Waals surface area contributed by atoms with Gasteiger partial charge in [0.05, 0.1) is 6.20 Å². The van der Waals surface area contributed by atoms with Crippen LogP contribution in [0.25, 0.3) is 0 Å². The number of hydrogen-bond acceptors (Lipinski definition) is 2. The summed E-state index contributed by atoms with van der Waals surface area (Å²) in [6.07, 6.45) is 1.43. The molecule has 0 unspecified atom stereocenters. The summed E-state index contributed by atoms with van der Waals surface area (Å²) in [6, 6.07) is 3.27. The van der Waals surface area contributed by atoms with Crippen LogP contribution in [0.4, 0.5) is 0 Å². The Hall–Kier alpha value is -1.10. The zero-order valence-electron chi connectivity index (χ0n) is 8.86. The Bertz CT molecular complexity index is 443. The number of nitrogens with zero attached hydrogens (tertiary/aromatic N) is 2. The number of carbonyl (C=O) groups excluding carboxylic acids is 1. The van der Waals surface area contributed by atoms with E-state index in [1.807, 2.05) is 0 Å². The summed E-state index contributed by atoms with van der Waals surface area (Å²) in [6.45, 7) is 5.33. The van der Waals surface area contributed by atoms with Crippen molar-refractivity contribution in [1.82, 2.24) is 4.73 Å². The first kappa shape index (κ1) is 12.0. The Morgan fingerprint density at radius 1 is 1.47 bits per heavy atom. The van der Waals surface area contributed by atoms with Gasteiger partial charge in [0.2, 0.25) is 0 Å². The van der Waals surface area contributed by atoms with Crippen LogP contribution in [0.5, 0.6) is 0 Å². The van der Waals surface area contributed by atoms with Crippen molar-refractivity contribution >= 4 is 21.8 Å². The smallest absolute Gasteiger partial charge is 0.253 e. The van der Waals surface area contributed by atoms with Gasteiger partial charge in [0.25, 0.3) is 5.91 Å². The van der Waals surface area contributed by atoms with E-state index in [2.05, 4.69) is 20.9 Å². The topological polar surface area (TPSA) is 54.6 Å². The van der Waals surface area contributed by atoms with Crippen LogP contribution in [0.3, 0.4) is 0 Å². The van der Waals surface area contributed by atoms with Crippen molar-refractivity contribution in [2.75, 3.05) is 0 Å². The minimum atomic E-state index is -0.542. The van der Waals surface area contributed by atoms with Crippen LogP contribution in [0.15, 0.2) is 27.8 Å². The molecule has 82 valence electrons. The van der Waals surface area contributed by atoms with Gasteiger partial charge in [-0.1, -0.05) is 20.8 Å². The van der Waals surface area contributed by atoms with Crippen molar-refractivity contribution < 1.29 is 10.0 Å². The van der Waals surface area contributed by atoms with E-state index >= 15 is 0 Å². The molecule has 0 aliphatic heterocycles. The van der Waals surface area contributed by atoms with E-state index in [1.54, 1.807) is 32.9 Å². The molecule has 1 rings (SSSR count). The molecule has 0 bridgehead atoms. The molecule has 0 radical (unpaired) electrons. The molecule has 0 aliphatic carbocycles. The molecule has 1 amide bonds. The van der Waals surface area contributed by atoms with Crippen molar-refractivity contribution in [2.24, 2.45) is 10.4 Å². The van der Waals surface area contributed by atoms with E-state index in [-0.39, 0.29) is 11.4 Å². The van der Waals surface area contributed by atoms with Crippen LogP contribution >= 0.6 is 15.9 Å². The molecule has 0 spiro atoms. The van der Waals surface area contributed by atoms with Crippen molar-refractivity contribution in [3.63, 3.8) is 0 Å². The highest BCUT2D eigenvalue weighted by molar-refractivity contribution is 9.10. The molecule has 1 N–H and O–H groups in total. The molecule has 1 aromatic rings. The van der Waals surface area contributed by atoms with Crippen molar-refractivity contribution in [3.8, 4) is 0 Å². The normalized spacial score (nSPS) is 12.9. The van der Waals surface area contributed by atoms with Crippen LogP contribution in [-0.4, -0.2) is 15.8 Å². The number of aromatic nitrogens is 1. The summed E-state index contributed by atoms with van der Waals surface area (Å²) in [5, 5.41) is 9.45. The largest absolute Gasteiger partial charge is 0.427 e. The van der Waals surface area contributed by atoms with Gasteiger partial charge in [-0.25, -0.2) is 0 Å². The zero-order valence-corrected chi connectivity index (χ0v) is 10.4. The lowest BCUT2D eigenvalue weighted by Crippen LogP contribution is -2.25. The Kier molecular flexibility index (Phi) is 3.34. The minimum absolute atomic E-state index is 0.220. The monoisotopic (exact) mass is 272 g/mol. The van der Waals surface area contributed by atoms with E-state index in [0.717, 1.165) is 4.73 Å². The van der Waals surface area contributed by atoms with Gasteiger partial charge in [-0.05, 0) is 28.1 Å². The van der Waals surface area contributed by atoms with Crippen LogP contribution in [-0.2, 0) is 4.79 Å². The average molecular weight is 273 g/mol. The van der Waals surface area contributed by atoms with E-state index < -0.39 is 5.41 Å². The highest BCUT2D eigenvalue weighted by Crippen LogP contribution is 2.14. The molecule has 4 nitrogen and oxygen atoms in total. The van der Waals surface area contributed by atoms with Gasteiger partial charge in [0.15, 0.2) is 5.49 Å². The van der Waals surface area contributed by atoms with Gasteiger partial charge >= 0.3 is 0 Å². The van der Waals surface area contributed by atoms with Gasteiger partial charge in [-0.15, -0.1) is 0 Å². The first-order valence-electron chi connectivity index (χ1n) is 4.47. The van der Waals surface area contributed by atoms with Crippen LogP contribution in [0.1, 0.15) is 20.8 Å². The summed E-state index contributed by atoms with van der Waals surface area (Å²) in [4.78, 5) is 15.4. The van der Waals surface area contributed by atoms with Gasteiger partial charge in [-0.3, -0.25) is 4.79 Å². The fraction of sp³-hybridized carbons (Fsp3) is 0.400. The predicted molar refractivity (Wildman–Crippen MR) is 59.3 cm³/mol. The van der Waals surface area contributed by atoms with Gasteiger partial charge in [0, 0.05) is 9.89 Å². The molecule has 0 aliphatic rings. The Morgan fingerprint density at radius 2 is 2.07 bits per heavy atom. The minimum Gasteiger partial charge on any atom is -0.427 e. The molecule has 0 saturated carbocycles. The molecule has 0 aromatic carbocycles. The fourth-order valence-corrected chi connectivity index (χ4v) is 1.14. The maximum Gasteiger partial charge on any atom is 0.253 e. The first-order chi connectivity index (χ1) is 6.80. The number of rotatable bonds is 0. The number of carbonyl (C=O) groups is 1. The highest BCUT2D eigenvalue weighted by Gasteiger charge is 2.20. The maximum absolute atomic E-state index is 11.6. The van der Waals surface area contributed by atoms with E-state index in [4.69, 9.17) is 0 Å². The van der Waals surface area contributed by atoms with E-state index in [9.17, 15) is 10.0 Å². The maximum atomic E-state index is 11.6. The number of amides is 1. The summed E-state index contributed by atoms with van der Waals surface area (Å²) in [5.41, 5.74) is -0.321. The highest BCUT2D eigenvalue weighted by atomic mass is 79.9. The molecule has 5 heteroatoms. The number of pyridine rings is 1. The summed E-state index contributed by atoms with van der Waals surface area (Å²) < 4.78 is 1.53. The Morgan fingerprint density at radius 3 is 2.53 bits per heavy atom. The average Bonchev–Trinajstić information content (AvgIpc) is 2.08. The lowest BCUT2D eigenvalue weighted by Gasteiger charge is -2.11. The fourth-order valence-electron chi connectivity index (χ4n) is 0.817. The van der Waals surface area contributed by atoms with Crippen LogP contribution in [0, 0.1) is 5.41 Å². The van der Waals surface area contributed by atoms with Crippen LogP contribution < -0.4 is 5.49 Å². The second-order valence-corrected chi connectivity index (χ2v) is 5.13. The van der Waals surface area contributed by atoms with E-state index in [1.165, 1.54) is 6.20 Å². The van der Waals surface area contributed by atoms with Crippen LogP contribution in [0.2, 0.25) is 0 Å². The third-order valence-corrected chi connectivity index (χ3v) is 2.20. The second kappa shape index (κ2) is 4.18. The number of halogens is 1. The zero-order chi connectivity index (χ0) is 11.6. The third-order valence-electron chi connectivity index (χ3n) is 1.73. The molecular formula is C10H13BrN2O2. The summed E-state index contributed by atoms with van der Waals surface area (Å²) >= 11 is 3.19. The molecule has 15 heavy (non-hydrogen) atoms. The molecule has 1 aromatic heterocycles. The third kappa shape index (κ3) is 3.20. The summed E-state index contributed by atoms with van der Waals surface area (Å²) in [5.74, 6) is -0.271. The second-order valence-electron chi connectivity index (χ2n) is 4.22. The molecule has 0 atom stereocenters. The van der Waals surface area contributed by atoms with Gasteiger partial charge in [0.1, 0.15) is 0 Å². The molecule has 1 heterocycles. The molecule has 0 fully saturated rings. The SMILES string of the molecule is CC(C)(C)C(=O)N=c1ccc(Br)cn1O. The Labute approximate surface area is 96.4 Å². The van der Waals surface area contributed by atoms with Crippen molar-refractivity contribution in [3.05, 3.63) is 28.3 Å². The Balaban J connectivity index is 3.17. The molecule has 0 saturated heterocycles. The standard InChI is InChI=1S/C10H13BrN2O2/c1-10(2,3)9(14)12-8-5-4-7(11)6-13(8)15/h4-6,15H,1-3H3.